The van der Waals surface area contributed by atoms with Gasteiger partial charge in [-0.1, -0.05) is 146 Å². The third kappa shape index (κ3) is 8.48. The number of hydrogen-bond acceptors (Lipinski definition) is 10. The third-order valence-electron chi connectivity index (χ3n) is 20.1. The number of rotatable bonds is 2. The molecule has 21 rings (SSSR count). The molecule has 0 aliphatic carbocycles. The first kappa shape index (κ1) is 55.4. The molecule has 1 saturated heterocycles. The maximum absolute atomic E-state index is 6.73. The summed E-state index contributed by atoms with van der Waals surface area (Å²) in [6.07, 6.45) is 0. The van der Waals surface area contributed by atoms with E-state index in [4.69, 9.17) is 47.2 Å². The first-order valence-electron chi connectivity index (χ1n) is 31.8. The maximum Gasteiger partial charge on any atom is 0.495 e. The Morgan fingerprint density at radius 3 is 0.904 bits per heavy atom. The highest BCUT2D eigenvalue weighted by molar-refractivity contribution is 9.10. The summed E-state index contributed by atoms with van der Waals surface area (Å²) in [6, 6.07) is 82.6. The zero-order chi connectivity index (χ0) is 62.7. The molecule has 0 radical (unpaired) electrons. The molecule has 0 spiro atoms. The van der Waals surface area contributed by atoms with E-state index in [1.54, 1.807) is 0 Å². The minimum Gasteiger partial charge on any atom is -0.458 e. The average molecular weight is 1280 g/mol. The SMILES string of the molecule is Brc1ccc2c3c1Oc1ccccc1B3c1ccccc1O2.CC1(C)OB(c2cc3c4c(c2)Oc2ccccc2B4c2ccccc2O3)OC1(C)C.c1ccc2c(c1)Oc1cc(-c3ccc4c5c3Oc3ccccc3B5c3ccccc3O4)cc3c1B2c1ccccc1O3. The van der Waals surface area contributed by atoms with Crippen molar-refractivity contribution in [2.45, 2.75) is 38.9 Å². The van der Waals surface area contributed by atoms with Gasteiger partial charge in [-0.3, -0.25) is 0 Å². The Kier molecular flexibility index (Phi) is 12.3. The van der Waals surface area contributed by atoms with Gasteiger partial charge in [0.1, 0.15) is 92.0 Å². The minimum atomic E-state index is -0.475. The quantitative estimate of drug-likeness (QED) is 0.156. The Balaban J connectivity index is 0.000000106. The number of fused-ring (bicyclic) bond motifs is 16. The predicted molar refractivity (Wildman–Crippen MR) is 379 cm³/mol. The van der Waals surface area contributed by atoms with Crippen LogP contribution in [0, 0.1) is 0 Å². The smallest absolute Gasteiger partial charge is 0.458 e. The van der Waals surface area contributed by atoms with Crippen LogP contribution >= 0.6 is 15.9 Å². The number of benzene rings is 12. The lowest BCUT2D eigenvalue weighted by atomic mass is 9.34. The van der Waals surface area contributed by atoms with E-state index in [9.17, 15) is 0 Å². The molecular weight excluding hydrogens is 1230 g/mol. The summed E-state index contributed by atoms with van der Waals surface area (Å²) in [4.78, 5) is 0. The molecule has 0 bridgehead atoms. The third-order valence-corrected chi connectivity index (χ3v) is 20.7. The van der Waals surface area contributed by atoms with Crippen LogP contribution in [0.5, 0.6) is 92.0 Å². The molecule has 9 aliphatic rings. The van der Waals surface area contributed by atoms with Gasteiger partial charge in [0, 0.05) is 27.4 Å². The lowest BCUT2D eigenvalue weighted by Gasteiger charge is -2.35. The van der Waals surface area contributed by atoms with Crippen LogP contribution < -0.4 is 109 Å². The molecule has 12 aromatic rings. The highest BCUT2D eigenvalue weighted by Gasteiger charge is 2.53. The summed E-state index contributed by atoms with van der Waals surface area (Å²) in [5.41, 5.74) is 15.6. The maximum atomic E-state index is 6.73. The number of hydrogen-bond donors (Lipinski definition) is 0. The minimum absolute atomic E-state index is 0.0106. The Hall–Kier alpha value is -10.2. The van der Waals surface area contributed by atoms with Crippen molar-refractivity contribution in [1.29, 1.82) is 0 Å². The Morgan fingerprint density at radius 2 is 0.543 bits per heavy atom. The zero-order valence-corrected chi connectivity index (χ0v) is 53.0. The molecule has 446 valence electrons. The number of halogens is 1. The molecule has 0 saturated carbocycles. The number of ether oxygens (including phenoxy) is 8. The van der Waals surface area contributed by atoms with Gasteiger partial charge in [-0.15, -0.1) is 0 Å². The van der Waals surface area contributed by atoms with Crippen LogP contribution in [0.2, 0.25) is 0 Å². The van der Waals surface area contributed by atoms with Crippen molar-refractivity contribution in [2.24, 2.45) is 0 Å². The molecule has 9 heterocycles. The first-order chi connectivity index (χ1) is 46.0. The molecule has 0 N–H and O–H groups in total. The summed E-state index contributed by atoms with van der Waals surface area (Å²) in [5.74, 6) is 13.6. The van der Waals surface area contributed by atoms with Crippen LogP contribution in [-0.4, -0.2) is 45.2 Å². The molecule has 16 heteroatoms. The fraction of sp³-hybridized carbons (Fsp3) is 0.0769. The molecule has 0 amide bonds. The summed E-state index contributed by atoms with van der Waals surface area (Å²) in [7, 11) is -0.475. The van der Waals surface area contributed by atoms with Crippen molar-refractivity contribution in [2.75, 3.05) is 0 Å². The van der Waals surface area contributed by atoms with Gasteiger partial charge in [-0.25, -0.2) is 0 Å². The van der Waals surface area contributed by atoms with Crippen LogP contribution in [0.15, 0.2) is 247 Å². The van der Waals surface area contributed by atoms with Gasteiger partial charge in [0.15, 0.2) is 0 Å². The molecule has 0 unspecified atom stereocenters. The molecule has 10 nitrogen and oxygen atoms in total. The second-order valence-electron chi connectivity index (χ2n) is 25.9. The van der Waals surface area contributed by atoms with E-state index < -0.39 is 18.3 Å². The van der Waals surface area contributed by atoms with Gasteiger partial charge in [-0.2, -0.15) is 0 Å². The van der Waals surface area contributed by atoms with Crippen molar-refractivity contribution in [3.8, 4) is 103 Å². The van der Waals surface area contributed by atoms with E-state index in [1.807, 2.05) is 121 Å². The van der Waals surface area contributed by atoms with E-state index >= 15 is 0 Å². The largest absolute Gasteiger partial charge is 0.495 e. The zero-order valence-electron chi connectivity index (χ0n) is 51.4. The summed E-state index contributed by atoms with van der Waals surface area (Å²) >= 11 is 3.61. The van der Waals surface area contributed by atoms with Gasteiger partial charge in [0.05, 0.1) is 15.7 Å². The van der Waals surface area contributed by atoms with Gasteiger partial charge >= 0.3 is 7.12 Å². The second-order valence-corrected chi connectivity index (χ2v) is 26.8. The van der Waals surface area contributed by atoms with Crippen LogP contribution in [0.25, 0.3) is 11.1 Å². The van der Waals surface area contributed by atoms with E-state index in [0.717, 1.165) is 168 Å². The standard InChI is InChI=1S/C36H20B2O4.C24H22B2O4.C18H10BBrO2/c1-6-14-28-23(9-1)37-24-10-2-7-15-29(24)41-33-20-21(19-32(40-28)34(33)37)22-17-18-31-35-36(22)42-30-16-8-4-12-26(30)38(35)25-11-3-5-13-27(25)39-31;1-23(2)24(3,4)30-26(29-23)15-13-20-22-21(14-15)28-19-12-8-6-10-17(19)25(22)16-9-5-7-11-18(16)27-20;20-13-9-10-16-17-18(13)22-15-8-4-2-6-12(15)19(17)11-5-1-3-7-14(11)21-16/h1-20H;5-14H,1-4H3;1-10H. The van der Waals surface area contributed by atoms with Crippen LogP contribution in [0.3, 0.4) is 0 Å². The van der Waals surface area contributed by atoms with E-state index in [1.165, 1.54) is 10.9 Å². The van der Waals surface area contributed by atoms with Gasteiger partial charge in [0.25, 0.3) is 26.9 Å². The fourth-order valence-corrected chi connectivity index (χ4v) is 15.5. The molecule has 1 fully saturated rings. The topological polar surface area (TPSA) is 92.3 Å². The summed E-state index contributed by atoms with van der Waals surface area (Å²) in [6.45, 7) is 8.52. The van der Waals surface area contributed by atoms with Crippen LogP contribution in [0.1, 0.15) is 27.7 Å². The number of para-hydroxylation sites is 8. The highest BCUT2D eigenvalue weighted by Crippen LogP contribution is 2.46. The van der Waals surface area contributed by atoms with Crippen molar-refractivity contribution >= 4 is 121 Å². The molecule has 9 aliphatic heterocycles. The lowest BCUT2D eigenvalue weighted by molar-refractivity contribution is 0.00578. The van der Waals surface area contributed by atoms with E-state index in [0.29, 0.717) is 0 Å². The fourth-order valence-electron chi connectivity index (χ4n) is 15.0. The van der Waals surface area contributed by atoms with Gasteiger partial charge < -0.3 is 47.2 Å². The van der Waals surface area contributed by atoms with Crippen molar-refractivity contribution in [3.05, 3.63) is 247 Å². The summed E-state index contributed by atoms with van der Waals surface area (Å²) < 4.78 is 64.8. The molecule has 94 heavy (non-hydrogen) atoms. The molecular formula is C78H52B5BrO10. The van der Waals surface area contributed by atoms with Gasteiger partial charge in [0.2, 0.25) is 0 Å². The summed E-state index contributed by atoms with van der Waals surface area (Å²) in [5, 5.41) is 0. The highest BCUT2D eigenvalue weighted by atomic mass is 79.9. The predicted octanol–water partition coefficient (Wildman–Crippen LogP) is 10.7. The van der Waals surface area contributed by atoms with Gasteiger partial charge in [-0.05, 0) is 195 Å². The van der Waals surface area contributed by atoms with Crippen molar-refractivity contribution in [1.82, 2.24) is 0 Å². The molecule has 12 aromatic carbocycles. The van der Waals surface area contributed by atoms with Crippen LogP contribution in [0.4, 0.5) is 0 Å². The molecule has 0 aromatic heterocycles. The van der Waals surface area contributed by atoms with Crippen molar-refractivity contribution in [3.63, 3.8) is 0 Å². The van der Waals surface area contributed by atoms with Crippen molar-refractivity contribution < 1.29 is 47.2 Å². The lowest BCUT2D eigenvalue weighted by Crippen LogP contribution is -2.58. The van der Waals surface area contributed by atoms with E-state index in [2.05, 4.69) is 165 Å². The molecule has 0 atom stereocenters. The van der Waals surface area contributed by atoms with Crippen LogP contribution in [-0.2, 0) is 9.31 Å². The average Bonchev–Trinajstić information content (AvgIpc) is 0.827. The monoisotopic (exact) mass is 1280 g/mol. The first-order valence-corrected chi connectivity index (χ1v) is 32.6. The second kappa shape index (κ2) is 20.9. The Bertz CT molecular complexity index is 5050. The normalized spacial score (nSPS) is 15.5. The van der Waals surface area contributed by atoms with E-state index in [-0.39, 0.29) is 26.9 Å². The Morgan fingerprint density at radius 1 is 0.266 bits per heavy atom. The Labute approximate surface area is 553 Å².